The summed E-state index contributed by atoms with van der Waals surface area (Å²) in [6.45, 7) is 2.30. The third kappa shape index (κ3) is 3.01. The first-order chi connectivity index (χ1) is 12.9. The smallest absolute Gasteiger partial charge is 0.154 e. The van der Waals surface area contributed by atoms with Gasteiger partial charge in [0.05, 0.1) is 5.71 Å². The van der Waals surface area contributed by atoms with E-state index in [0.29, 0.717) is 0 Å². The van der Waals surface area contributed by atoms with Crippen LogP contribution in [0.4, 0.5) is 11.6 Å². The van der Waals surface area contributed by atoms with Crippen LogP contribution in [-0.4, -0.2) is 23.8 Å². The molecule has 1 aliphatic carbocycles. The van der Waals surface area contributed by atoms with E-state index in [0.717, 1.165) is 53.4 Å². The fourth-order valence-electron chi connectivity index (χ4n) is 3.84. The molecule has 5 rings (SSSR count). The molecule has 3 nitrogen and oxygen atoms in total. The highest BCUT2D eigenvalue weighted by molar-refractivity contribution is 6.13. The Labute approximate surface area is 154 Å². The predicted molar refractivity (Wildman–Crippen MR) is 106 cm³/mol. The summed E-state index contributed by atoms with van der Waals surface area (Å²) >= 11 is 0. The topological polar surface area (TPSA) is 28.5 Å². The molecule has 2 unspecified atom stereocenters. The zero-order valence-electron chi connectivity index (χ0n) is 14.6. The van der Waals surface area contributed by atoms with Crippen molar-refractivity contribution in [1.82, 2.24) is 4.98 Å². The summed E-state index contributed by atoms with van der Waals surface area (Å²) in [5.41, 5.74) is 3.17. The van der Waals surface area contributed by atoms with Crippen LogP contribution in [0.25, 0.3) is 0 Å². The normalized spacial score (nSPS) is 20.5. The number of benzene rings is 2. The van der Waals surface area contributed by atoms with Gasteiger partial charge in [0.25, 0.3) is 0 Å². The number of anilines is 1. The van der Waals surface area contributed by atoms with Gasteiger partial charge in [-0.1, -0.05) is 66.7 Å². The minimum Gasteiger partial charge on any atom is -0.356 e. The van der Waals surface area contributed by atoms with E-state index in [1.165, 1.54) is 6.42 Å². The number of hydrogen-bond acceptors (Lipinski definition) is 3. The van der Waals surface area contributed by atoms with E-state index >= 15 is 0 Å². The Morgan fingerprint density at radius 3 is 2.00 bits per heavy atom. The molecule has 2 atom stereocenters. The Morgan fingerprint density at radius 2 is 1.38 bits per heavy atom. The Kier molecular flexibility index (Phi) is 3.78. The van der Waals surface area contributed by atoms with Crippen LogP contribution in [0, 0.1) is 11.8 Å². The van der Waals surface area contributed by atoms with Crippen molar-refractivity contribution >= 4 is 17.3 Å². The lowest BCUT2D eigenvalue weighted by Gasteiger charge is -2.19. The van der Waals surface area contributed by atoms with Crippen LogP contribution in [0.3, 0.4) is 0 Å². The van der Waals surface area contributed by atoms with E-state index in [-0.39, 0.29) is 0 Å². The van der Waals surface area contributed by atoms with Crippen LogP contribution >= 0.6 is 0 Å². The van der Waals surface area contributed by atoms with Gasteiger partial charge in [0, 0.05) is 24.2 Å². The van der Waals surface area contributed by atoms with Crippen molar-refractivity contribution in [3.8, 4) is 0 Å². The molecule has 1 aromatic heterocycles. The number of aromatic nitrogens is 1. The van der Waals surface area contributed by atoms with Gasteiger partial charge in [-0.3, -0.25) is 0 Å². The monoisotopic (exact) mass is 339 g/mol. The lowest BCUT2D eigenvalue weighted by molar-refractivity contribution is 0.805. The maximum Gasteiger partial charge on any atom is 0.154 e. The quantitative estimate of drug-likeness (QED) is 0.644. The van der Waals surface area contributed by atoms with Gasteiger partial charge in [0.15, 0.2) is 5.82 Å². The summed E-state index contributed by atoms with van der Waals surface area (Å²) in [5.74, 6) is 3.62. The maximum absolute atomic E-state index is 4.94. The van der Waals surface area contributed by atoms with Crippen molar-refractivity contribution in [1.29, 1.82) is 0 Å². The van der Waals surface area contributed by atoms with E-state index in [1.54, 1.807) is 0 Å². The van der Waals surface area contributed by atoms with Crippen molar-refractivity contribution in [3.63, 3.8) is 0 Å². The summed E-state index contributed by atoms with van der Waals surface area (Å²) in [7, 11) is 0. The van der Waals surface area contributed by atoms with Gasteiger partial charge >= 0.3 is 0 Å². The Balaban J connectivity index is 1.53. The summed E-state index contributed by atoms with van der Waals surface area (Å²) in [4.78, 5) is 12.2. The summed E-state index contributed by atoms with van der Waals surface area (Å²) in [6.07, 6.45) is 1.40. The minimum absolute atomic E-state index is 0.769. The van der Waals surface area contributed by atoms with E-state index in [2.05, 4.69) is 41.3 Å². The number of piperidine rings is 1. The Bertz CT molecular complexity index is 882. The highest BCUT2D eigenvalue weighted by Gasteiger charge is 2.45. The van der Waals surface area contributed by atoms with Gasteiger partial charge in [0.2, 0.25) is 0 Å². The average molecular weight is 339 g/mol. The van der Waals surface area contributed by atoms with Gasteiger partial charge < -0.3 is 4.90 Å². The lowest BCUT2D eigenvalue weighted by Crippen LogP contribution is -2.22. The number of pyridine rings is 1. The lowest BCUT2D eigenvalue weighted by atomic mass is 10.0. The molecular weight excluding hydrogens is 318 g/mol. The minimum atomic E-state index is 0.769. The van der Waals surface area contributed by atoms with Crippen LogP contribution in [0.2, 0.25) is 0 Å². The number of rotatable bonds is 4. The van der Waals surface area contributed by atoms with E-state index in [9.17, 15) is 0 Å². The molecule has 0 radical (unpaired) electrons. The first-order valence-electron chi connectivity index (χ1n) is 9.28. The molecule has 1 aliphatic heterocycles. The van der Waals surface area contributed by atoms with E-state index in [4.69, 9.17) is 9.98 Å². The second-order valence-electron chi connectivity index (χ2n) is 7.21. The predicted octanol–water partition coefficient (Wildman–Crippen LogP) is 4.71. The second kappa shape index (κ2) is 6.41. The molecule has 0 amide bonds. The standard InChI is InChI=1S/C23H21N3/c1-3-8-17(9-4-1)23(18-10-5-2-6-11-18)25-21-12-7-13-22(24-21)26-15-19-14-20(19)16-26/h1-13,19-20H,14-16H2. The molecule has 2 fully saturated rings. The Hall–Kier alpha value is -2.94. The summed E-state index contributed by atoms with van der Waals surface area (Å²) in [5, 5.41) is 0. The second-order valence-corrected chi connectivity index (χ2v) is 7.21. The van der Waals surface area contributed by atoms with Crippen LogP contribution in [0.1, 0.15) is 17.5 Å². The molecule has 1 saturated heterocycles. The number of nitrogens with zero attached hydrogens (tertiary/aromatic N) is 3. The first-order valence-corrected chi connectivity index (χ1v) is 9.28. The largest absolute Gasteiger partial charge is 0.356 e. The number of fused-ring (bicyclic) bond motifs is 1. The first kappa shape index (κ1) is 15.3. The average Bonchev–Trinajstić information content (AvgIpc) is 3.33. The van der Waals surface area contributed by atoms with Crippen molar-refractivity contribution in [3.05, 3.63) is 90.0 Å². The molecule has 3 heteroatoms. The number of aliphatic imine (C=N–C) groups is 1. The van der Waals surface area contributed by atoms with Crippen molar-refractivity contribution in [2.24, 2.45) is 16.8 Å². The summed E-state index contributed by atoms with van der Waals surface area (Å²) < 4.78 is 0. The molecule has 128 valence electrons. The fourth-order valence-corrected chi connectivity index (χ4v) is 3.84. The highest BCUT2D eigenvalue weighted by Crippen LogP contribution is 2.46. The van der Waals surface area contributed by atoms with Gasteiger partial charge in [-0.2, -0.15) is 0 Å². The number of hydrogen-bond donors (Lipinski definition) is 0. The molecule has 2 aliphatic rings. The van der Waals surface area contributed by atoms with Gasteiger partial charge in [-0.05, 0) is 30.4 Å². The molecule has 0 spiro atoms. The van der Waals surface area contributed by atoms with Crippen LogP contribution in [0.5, 0.6) is 0 Å². The summed E-state index contributed by atoms with van der Waals surface area (Å²) in [6, 6.07) is 26.8. The third-order valence-corrected chi connectivity index (χ3v) is 5.34. The SMILES string of the molecule is c1ccc(C(=Nc2cccc(N3CC4CC4C3)n2)c2ccccc2)cc1. The molecule has 3 aromatic rings. The van der Waals surface area contributed by atoms with E-state index in [1.807, 2.05) is 42.5 Å². The fraction of sp³-hybridized carbons (Fsp3) is 0.217. The molecule has 1 saturated carbocycles. The van der Waals surface area contributed by atoms with Crippen LogP contribution in [-0.2, 0) is 0 Å². The van der Waals surface area contributed by atoms with Gasteiger partial charge in [-0.15, -0.1) is 0 Å². The molecular formula is C23H21N3. The van der Waals surface area contributed by atoms with E-state index < -0.39 is 0 Å². The maximum atomic E-state index is 4.94. The van der Waals surface area contributed by atoms with Crippen molar-refractivity contribution in [2.75, 3.05) is 18.0 Å². The van der Waals surface area contributed by atoms with Crippen LogP contribution < -0.4 is 4.90 Å². The van der Waals surface area contributed by atoms with Crippen LogP contribution in [0.15, 0.2) is 83.9 Å². The zero-order chi connectivity index (χ0) is 17.3. The van der Waals surface area contributed by atoms with Gasteiger partial charge in [0.1, 0.15) is 5.82 Å². The zero-order valence-corrected chi connectivity index (χ0v) is 14.6. The highest BCUT2D eigenvalue weighted by atomic mass is 15.2. The van der Waals surface area contributed by atoms with Crippen molar-refractivity contribution < 1.29 is 0 Å². The third-order valence-electron chi connectivity index (χ3n) is 5.34. The molecule has 2 heterocycles. The molecule has 2 aromatic carbocycles. The van der Waals surface area contributed by atoms with Crippen molar-refractivity contribution in [2.45, 2.75) is 6.42 Å². The molecule has 0 N–H and O–H groups in total. The molecule has 0 bridgehead atoms. The Morgan fingerprint density at radius 1 is 0.769 bits per heavy atom. The van der Waals surface area contributed by atoms with Gasteiger partial charge in [-0.25, -0.2) is 9.98 Å². The molecule has 26 heavy (non-hydrogen) atoms.